The number of carbonyl (C=O) groups excluding carboxylic acids is 1. The molecule has 0 heterocycles. The Morgan fingerprint density at radius 3 is 2.81 bits per heavy atom. The van der Waals surface area contributed by atoms with Crippen LogP contribution < -0.4 is 0 Å². The van der Waals surface area contributed by atoms with E-state index in [1.807, 2.05) is 0 Å². The summed E-state index contributed by atoms with van der Waals surface area (Å²) in [5, 5.41) is 9.85. The van der Waals surface area contributed by atoms with Gasteiger partial charge in [-0.25, -0.2) is 0 Å². The van der Waals surface area contributed by atoms with Crippen molar-refractivity contribution in [2.75, 3.05) is 0 Å². The molecule has 1 aromatic rings. The number of phenols is 1. The molecule has 1 aliphatic rings. The molecule has 2 rings (SSSR count). The van der Waals surface area contributed by atoms with Gasteiger partial charge in [0.2, 0.25) is 0 Å². The lowest BCUT2D eigenvalue weighted by molar-refractivity contribution is 0.0994. The zero-order valence-electron chi connectivity index (χ0n) is 9.75. The van der Waals surface area contributed by atoms with Crippen LogP contribution in [0.5, 0.6) is 5.75 Å². The molecule has 1 aromatic carbocycles. The monoisotopic (exact) mass is 218 g/mol. The minimum atomic E-state index is 0.228. The van der Waals surface area contributed by atoms with Crippen molar-refractivity contribution in [2.45, 2.75) is 45.4 Å². The van der Waals surface area contributed by atoms with Crippen molar-refractivity contribution in [3.63, 3.8) is 0 Å². The lowest BCUT2D eigenvalue weighted by Gasteiger charge is -2.09. The third-order valence-corrected chi connectivity index (χ3v) is 3.34. The normalized spacial score (nSPS) is 14.2. The summed E-state index contributed by atoms with van der Waals surface area (Å²) in [5.41, 5.74) is 2.95. The van der Waals surface area contributed by atoms with Crippen molar-refractivity contribution < 1.29 is 9.90 Å². The van der Waals surface area contributed by atoms with Gasteiger partial charge in [0.1, 0.15) is 5.75 Å². The Bertz CT molecular complexity index is 407. The van der Waals surface area contributed by atoms with Gasteiger partial charge in [0.15, 0.2) is 5.78 Å². The van der Waals surface area contributed by atoms with Gasteiger partial charge in [-0.15, -0.1) is 0 Å². The fourth-order valence-corrected chi connectivity index (χ4v) is 2.43. The van der Waals surface area contributed by atoms with Crippen LogP contribution in [0.1, 0.15) is 54.1 Å². The van der Waals surface area contributed by atoms with Crippen molar-refractivity contribution >= 4 is 5.78 Å². The quantitative estimate of drug-likeness (QED) is 0.788. The first-order valence-electron chi connectivity index (χ1n) is 6.11. The Balaban J connectivity index is 2.26. The Morgan fingerprint density at radius 1 is 1.25 bits per heavy atom. The fourth-order valence-electron chi connectivity index (χ4n) is 2.43. The first-order valence-corrected chi connectivity index (χ1v) is 6.11. The van der Waals surface area contributed by atoms with Crippen LogP contribution in [0, 0.1) is 0 Å². The molecule has 0 aliphatic heterocycles. The van der Waals surface area contributed by atoms with Crippen molar-refractivity contribution in [2.24, 2.45) is 0 Å². The zero-order valence-corrected chi connectivity index (χ0v) is 9.75. The number of ketones is 1. The largest absolute Gasteiger partial charge is 0.508 e. The standard InChI is InChI=1S/C14H18O2/c1-2-3-4-5-11-10-6-8-14(16)12(10)7-9-13(11)15/h7,9,15H,2-6,8H2,1H3. The molecule has 0 fully saturated rings. The van der Waals surface area contributed by atoms with E-state index >= 15 is 0 Å². The Hall–Kier alpha value is -1.31. The average molecular weight is 218 g/mol. The van der Waals surface area contributed by atoms with Gasteiger partial charge < -0.3 is 5.11 Å². The van der Waals surface area contributed by atoms with Crippen LogP contribution in [0.3, 0.4) is 0 Å². The van der Waals surface area contributed by atoms with E-state index < -0.39 is 0 Å². The van der Waals surface area contributed by atoms with E-state index in [2.05, 4.69) is 6.92 Å². The van der Waals surface area contributed by atoms with Crippen LogP contribution in [0.15, 0.2) is 12.1 Å². The van der Waals surface area contributed by atoms with Crippen molar-refractivity contribution in [3.8, 4) is 5.75 Å². The summed E-state index contributed by atoms with van der Waals surface area (Å²) in [4.78, 5) is 11.6. The van der Waals surface area contributed by atoms with Crippen LogP contribution in [-0.4, -0.2) is 10.9 Å². The second kappa shape index (κ2) is 4.69. The molecule has 0 unspecified atom stereocenters. The summed E-state index contributed by atoms with van der Waals surface area (Å²) in [7, 11) is 0. The van der Waals surface area contributed by atoms with Gasteiger partial charge in [0.25, 0.3) is 0 Å². The smallest absolute Gasteiger partial charge is 0.163 e. The maximum Gasteiger partial charge on any atom is 0.163 e. The van der Waals surface area contributed by atoms with Crippen LogP contribution in [0.4, 0.5) is 0 Å². The number of carbonyl (C=O) groups is 1. The topological polar surface area (TPSA) is 37.3 Å². The number of phenolic OH excluding ortho intramolecular Hbond substituents is 1. The first kappa shape index (κ1) is 11.2. The Kier molecular flexibility index (Phi) is 3.28. The summed E-state index contributed by atoms with van der Waals surface area (Å²) in [6.45, 7) is 2.17. The SMILES string of the molecule is CCCCCc1c(O)ccc2c1CCC2=O. The predicted molar refractivity (Wildman–Crippen MR) is 64.0 cm³/mol. The Morgan fingerprint density at radius 2 is 2.06 bits per heavy atom. The van der Waals surface area contributed by atoms with Gasteiger partial charge in [0.05, 0.1) is 0 Å². The van der Waals surface area contributed by atoms with Crippen LogP contribution in [0.2, 0.25) is 0 Å². The minimum Gasteiger partial charge on any atom is -0.508 e. The highest BCUT2D eigenvalue weighted by molar-refractivity contribution is 6.01. The van der Waals surface area contributed by atoms with E-state index in [9.17, 15) is 9.90 Å². The van der Waals surface area contributed by atoms with E-state index in [0.717, 1.165) is 36.0 Å². The predicted octanol–water partition coefficient (Wildman–Crippen LogP) is 3.25. The van der Waals surface area contributed by atoms with E-state index in [1.165, 1.54) is 12.8 Å². The second-order valence-corrected chi connectivity index (χ2v) is 4.47. The van der Waals surface area contributed by atoms with Gasteiger partial charge in [-0.3, -0.25) is 4.79 Å². The van der Waals surface area contributed by atoms with Gasteiger partial charge in [-0.2, -0.15) is 0 Å². The van der Waals surface area contributed by atoms with E-state index in [4.69, 9.17) is 0 Å². The molecule has 0 saturated heterocycles. The number of rotatable bonds is 4. The first-order chi connectivity index (χ1) is 7.74. The summed E-state index contributed by atoms with van der Waals surface area (Å²) in [6.07, 6.45) is 5.76. The molecule has 1 N–H and O–H groups in total. The summed E-state index contributed by atoms with van der Waals surface area (Å²) in [5.74, 6) is 0.594. The van der Waals surface area contributed by atoms with Gasteiger partial charge in [0, 0.05) is 12.0 Å². The number of benzene rings is 1. The minimum absolute atomic E-state index is 0.228. The maximum absolute atomic E-state index is 11.6. The number of hydrogen-bond donors (Lipinski definition) is 1. The van der Waals surface area contributed by atoms with Crippen LogP contribution >= 0.6 is 0 Å². The van der Waals surface area contributed by atoms with Gasteiger partial charge in [-0.05, 0) is 42.5 Å². The van der Waals surface area contributed by atoms with Gasteiger partial charge in [-0.1, -0.05) is 19.8 Å². The van der Waals surface area contributed by atoms with Crippen LogP contribution in [-0.2, 0) is 12.8 Å². The van der Waals surface area contributed by atoms with Crippen molar-refractivity contribution in [1.29, 1.82) is 0 Å². The third kappa shape index (κ3) is 1.97. The number of unbranched alkanes of at least 4 members (excludes halogenated alkanes) is 2. The highest BCUT2D eigenvalue weighted by Gasteiger charge is 2.23. The molecule has 0 bridgehead atoms. The van der Waals surface area contributed by atoms with Crippen molar-refractivity contribution in [1.82, 2.24) is 0 Å². The molecule has 86 valence electrons. The fraction of sp³-hybridized carbons (Fsp3) is 0.500. The average Bonchev–Trinajstić information content (AvgIpc) is 2.64. The molecule has 2 nitrogen and oxygen atoms in total. The molecule has 0 radical (unpaired) electrons. The summed E-state index contributed by atoms with van der Waals surface area (Å²) in [6, 6.07) is 3.44. The van der Waals surface area contributed by atoms with Crippen LogP contribution in [0.25, 0.3) is 0 Å². The number of fused-ring (bicyclic) bond motifs is 1. The molecule has 0 saturated carbocycles. The van der Waals surface area contributed by atoms with E-state index in [-0.39, 0.29) is 5.78 Å². The lowest BCUT2D eigenvalue weighted by atomic mass is 9.97. The molecule has 2 heteroatoms. The highest BCUT2D eigenvalue weighted by atomic mass is 16.3. The number of hydrogen-bond acceptors (Lipinski definition) is 2. The zero-order chi connectivity index (χ0) is 11.5. The lowest BCUT2D eigenvalue weighted by Crippen LogP contribution is -1.96. The number of Topliss-reactive ketones (excluding diaryl/α,β-unsaturated/α-hetero) is 1. The molecule has 0 spiro atoms. The Labute approximate surface area is 96.3 Å². The van der Waals surface area contributed by atoms with E-state index in [0.29, 0.717) is 12.2 Å². The van der Waals surface area contributed by atoms with Crippen molar-refractivity contribution in [3.05, 3.63) is 28.8 Å². The van der Waals surface area contributed by atoms with E-state index in [1.54, 1.807) is 12.1 Å². The van der Waals surface area contributed by atoms with Gasteiger partial charge >= 0.3 is 0 Å². The third-order valence-electron chi connectivity index (χ3n) is 3.34. The molecule has 0 amide bonds. The molecular formula is C14H18O2. The molecule has 1 aliphatic carbocycles. The molecular weight excluding hydrogens is 200 g/mol. The maximum atomic E-state index is 11.6. The number of aromatic hydroxyl groups is 1. The molecule has 0 aromatic heterocycles. The molecule has 16 heavy (non-hydrogen) atoms. The summed E-state index contributed by atoms with van der Waals surface area (Å²) >= 11 is 0. The highest BCUT2D eigenvalue weighted by Crippen LogP contribution is 2.32. The second-order valence-electron chi connectivity index (χ2n) is 4.47. The summed E-state index contributed by atoms with van der Waals surface area (Å²) < 4.78 is 0. The molecule has 0 atom stereocenters.